The summed E-state index contributed by atoms with van der Waals surface area (Å²) in [5.41, 5.74) is 4.05. The van der Waals surface area contributed by atoms with Gasteiger partial charge < -0.3 is 10.6 Å². The SMILES string of the molecule is CC(=O)Nc1cccc(NC(=O)/C=C/c2cn(-c3ccccc3)nc2-c2ccc(F)cc2)c1. The van der Waals surface area contributed by atoms with Gasteiger partial charge >= 0.3 is 0 Å². The summed E-state index contributed by atoms with van der Waals surface area (Å²) in [4.78, 5) is 23.8. The van der Waals surface area contributed by atoms with Gasteiger partial charge in [-0.05, 0) is 60.7 Å². The molecule has 0 aliphatic rings. The summed E-state index contributed by atoms with van der Waals surface area (Å²) in [5.74, 6) is -0.867. The number of hydrogen-bond donors (Lipinski definition) is 2. The van der Waals surface area contributed by atoms with Crippen LogP contribution < -0.4 is 10.6 Å². The number of amides is 2. The maximum atomic E-state index is 13.4. The largest absolute Gasteiger partial charge is 0.326 e. The number of nitrogens with zero attached hydrogens (tertiary/aromatic N) is 2. The average molecular weight is 440 g/mol. The molecule has 3 aromatic carbocycles. The number of rotatable bonds is 6. The number of benzene rings is 3. The van der Waals surface area contributed by atoms with Gasteiger partial charge in [-0.25, -0.2) is 9.07 Å². The minimum atomic E-state index is -0.340. The molecule has 0 spiro atoms. The molecule has 4 rings (SSSR count). The van der Waals surface area contributed by atoms with Gasteiger partial charge in [-0.2, -0.15) is 5.10 Å². The first-order chi connectivity index (χ1) is 16.0. The predicted molar refractivity (Wildman–Crippen MR) is 127 cm³/mol. The molecular formula is C26H21FN4O2. The Balaban J connectivity index is 1.59. The van der Waals surface area contributed by atoms with Crippen molar-refractivity contribution in [3.63, 3.8) is 0 Å². The summed E-state index contributed by atoms with van der Waals surface area (Å²) in [5, 5.41) is 10.1. The minimum absolute atomic E-state index is 0.192. The topological polar surface area (TPSA) is 76.0 Å². The normalized spacial score (nSPS) is 10.8. The van der Waals surface area contributed by atoms with E-state index in [4.69, 9.17) is 0 Å². The van der Waals surface area contributed by atoms with E-state index in [1.807, 2.05) is 36.5 Å². The maximum absolute atomic E-state index is 13.4. The molecule has 2 amide bonds. The lowest BCUT2D eigenvalue weighted by Gasteiger charge is -2.06. The second-order valence-corrected chi connectivity index (χ2v) is 7.30. The lowest BCUT2D eigenvalue weighted by Crippen LogP contribution is -2.09. The highest BCUT2D eigenvalue weighted by atomic mass is 19.1. The lowest BCUT2D eigenvalue weighted by molar-refractivity contribution is -0.114. The first-order valence-corrected chi connectivity index (χ1v) is 10.3. The fraction of sp³-hybridized carbons (Fsp3) is 0.0385. The van der Waals surface area contributed by atoms with Crippen LogP contribution in [0.3, 0.4) is 0 Å². The Morgan fingerprint density at radius 3 is 2.30 bits per heavy atom. The molecule has 33 heavy (non-hydrogen) atoms. The molecule has 0 radical (unpaired) electrons. The first-order valence-electron chi connectivity index (χ1n) is 10.3. The van der Waals surface area contributed by atoms with E-state index in [9.17, 15) is 14.0 Å². The molecule has 0 aliphatic carbocycles. The molecule has 4 aromatic rings. The number of nitrogens with one attached hydrogen (secondary N) is 2. The summed E-state index contributed by atoms with van der Waals surface area (Å²) in [6.45, 7) is 1.42. The summed E-state index contributed by atoms with van der Waals surface area (Å²) < 4.78 is 15.1. The molecule has 0 saturated carbocycles. The van der Waals surface area contributed by atoms with Crippen molar-refractivity contribution >= 4 is 29.3 Å². The molecule has 0 atom stereocenters. The lowest BCUT2D eigenvalue weighted by atomic mass is 10.1. The van der Waals surface area contributed by atoms with Crippen LogP contribution >= 0.6 is 0 Å². The van der Waals surface area contributed by atoms with Gasteiger partial charge in [0.1, 0.15) is 5.82 Å². The number of carbonyl (C=O) groups is 2. The fourth-order valence-electron chi connectivity index (χ4n) is 3.28. The van der Waals surface area contributed by atoms with Gasteiger partial charge in [-0.15, -0.1) is 0 Å². The van der Waals surface area contributed by atoms with Crippen molar-refractivity contribution in [3.05, 3.63) is 103 Å². The van der Waals surface area contributed by atoms with Crippen LogP contribution in [0.15, 0.2) is 91.1 Å². The van der Waals surface area contributed by atoms with Crippen LogP contribution in [-0.2, 0) is 9.59 Å². The van der Waals surface area contributed by atoms with Crippen molar-refractivity contribution < 1.29 is 14.0 Å². The van der Waals surface area contributed by atoms with E-state index in [-0.39, 0.29) is 17.6 Å². The summed E-state index contributed by atoms with van der Waals surface area (Å²) in [7, 11) is 0. The highest BCUT2D eigenvalue weighted by molar-refractivity contribution is 6.02. The van der Waals surface area contributed by atoms with E-state index in [0.29, 0.717) is 22.6 Å². The van der Waals surface area contributed by atoms with Gasteiger partial charge in [0.2, 0.25) is 11.8 Å². The Morgan fingerprint density at radius 2 is 1.61 bits per heavy atom. The van der Waals surface area contributed by atoms with E-state index in [1.165, 1.54) is 25.1 Å². The summed E-state index contributed by atoms with van der Waals surface area (Å²) in [6, 6.07) is 22.5. The van der Waals surface area contributed by atoms with Crippen molar-refractivity contribution in [2.24, 2.45) is 0 Å². The van der Waals surface area contributed by atoms with Crippen molar-refractivity contribution in [3.8, 4) is 16.9 Å². The Morgan fingerprint density at radius 1 is 0.909 bits per heavy atom. The predicted octanol–water partition coefficient (Wildman–Crippen LogP) is 5.29. The zero-order chi connectivity index (χ0) is 23.2. The van der Waals surface area contributed by atoms with Crippen LogP contribution in [0.4, 0.5) is 15.8 Å². The van der Waals surface area contributed by atoms with Crippen LogP contribution in [-0.4, -0.2) is 21.6 Å². The van der Waals surface area contributed by atoms with Crippen molar-refractivity contribution in [2.45, 2.75) is 6.92 Å². The number of anilines is 2. The minimum Gasteiger partial charge on any atom is -0.326 e. The van der Waals surface area contributed by atoms with Gasteiger partial charge in [-0.1, -0.05) is 24.3 Å². The zero-order valence-electron chi connectivity index (χ0n) is 17.8. The second kappa shape index (κ2) is 9.74. The highest BCUT2D eigenvalue weighted by Gasteiger charge is 2.11. The molecule has 0 aliphatic heterocycles. The highest BCUT2D eigenvalue weighted by Crippen LogP contribution is 2.25. The molecule has 0 unspecified atom stereocenters. The molecule has 7 heteroatoms. The average Bonchev–Trinajstić information content (AvgIpc) is 3.23. The van der Waals surface area contributed by atoms with Crippen LogP contribution in [0, 0.1) is 5.82 Å². The van der Waals surface area contributed by atoms with Crippen LogP contribution in [0.25, 0.3) is 23.0 Å². The van der Waals surface area contributed by atoms with Crippen molar-refractivity contribution in [2.75, 3.05) is 10.6 Å². The number of para-hydroxylation sites is 1. The molecular weight excluding hydrogens is 419 g/mol. The van der Waals surface area contributed by atoms with Crippen LogP contribution in [0.5, 0.6) is 0 Å². The van der Waals surface area contributed by atoms with Crippen molar-refractivity contribution in [1.82, 2.24) is 9.78 Å². The van der Waals surface area contributed by atoms with E-state index >= 15 is 0 Å². The summed E-state index contributed by atoms with van der Waals surface area (Å²) in [6.07, 6.45) is 4.89. The van der Waals surface area contributed by atoms with Gasteiger partial charge in [-0.3, -0.25) is 9.59 Å². The third-order valence-corrected chi connectivity index (χ3v) is 4.75. The van der Waals surface area contributed by atoms with Crippen LogP contribution in [0.2, 0.25) is 0 Å². The molecule has 2 N–H and O–H groups in total. The third-order valence-electron chi connectivity index (χ3n) is 4.75. The quantitative estimate of drug-likeness (QED) is 0.400. The fourth-order valence-corrected chi connectivity index (χ4v) is 3.28. The van der Waals surface area contributed by atoms with E-state index < -0.39 is 0 Å². The van der Waals surface area contributed by atoms with Crippen molar-refractivity contribution in [1.29, 1.82) is 0 Å². The van der Waals surface area contributed by atoms with Gasteiger partial charge in [0.05, 0.1) is 11.4 Å². The Kier molecular flexibility index (Phi) is 6.40. The Bertz CT molecular complexity index is 1310. The number of hydrogen-bond acceptors (Lipinski definition) is 3. The van der Waals surface area contributed by atoms with Gasteiger partial charge in [0, 0.05) is 41.7 Å². The Hall–Kier alpha value is -4.52. The van der Waals surface area contributed by atoms with Gasteiger partial charge in [0.15, 0.2) is 0 Å². The molecule has 6 nitrogen and oxygen atoms in total. The van der Waals surface area contributed by atoms with Gasteiger partial charge in [0.25, 0.3) is 0 Å². The smallest absolute Gasteiger partial charge is 0.248 e. The van der Waals surface area contributed by atoms with E-state index in [2.05, 4.69) is 15.7 Å². The third kappa shape index (κ3) is 5.59. The van der Waals surface area contributed by atoms with E-state index in [0.717, 1.165) is 11.3 Å². The number of halogens is 1. The zero-order valence-corrected chi connectivity index (χ0v) is 17.8. The molecule has 1 aromatic heterocycles. The maximum Gasteiger partial charge on any atom is 0.248 e. The monoisotopic (exact) mass is 440 g/mol. The van der Waals surface area contributed by atoms with E-state index in [1.54, 1.807) is 47.2 Å². The summed E-state index contributed by atoms with van der Waals surface area (Å²) >= 11 is 0. The Labute approximate surface area is 190 Å². The molecule has 164 valence electrons. The number of carbonyl (C=O) groups excluding carboxylic acids is 2. The van der Waals surface area contributed by atoms with Crippen LogP contribution in [0.1, 0.15) is 12.5 Å². The number of aromatic nitrogens is 2. The molecule has 0 fully saturated rings. The first kappa shape index (κ1) is 21.7. The molecule has 0 saturated heterocycles. The second-order valence-electron chi connectivity index (χ2n) is 7.30. The standard InChI is InChI=1S/C26H21FN4O2/c1-18(32)28-22-6-5-7-23(16-22)29-25(33)15-12-20-17-31(24-8-3-2-4-9-24)30-26(20)19-10-13-21(27)14-11-19/h2-17H,1H3,(H,28,32)(H,29,33)/b15-12+. The molecule has 0 bridgehead atoms. The molecule has 1 heterocycles.